The fraction of sp³-hybridized carbons (Fsp3) is 0.0847. The van der Waals surface area contributed by atoms with Crippen LogP contribution < -0.4 is 4.90 Å². The average Bonchev–Trinajstić information content (AvgIpc) is 3.60. The van der Waals surface area contributed by atoms with Crippen molar-refractivity contribution in [2.75, 3.05) is 4.90 Å². The Balaban J connectivity index is 0.983. The van der Waals surface area contributed by atoms with Crippen LogP contribution in [-0.2, 0) is 5.41 Å². The second kappa shape index (κ2) is 15.9. The normalized spacial score (nSPS) is 12.7. The van der Waals surface area contributed by atoms with E-state index in [4.69, 9.17) is 0 Å². The van der Waals surface area contributed by atoms with Crippen LogP contribution >= 0.6 is 0 Å². The van der Waals surface area contributed by atoms with E-state index in [2.05, 4.69) is 243 Å². The van der Waals surface area contributed by atoms with E-state index in [-0.39, 0.29) is 5.41 Å². The summed E-state index contributed by atoms with van der Waals surface area (Å²) in [7, 11) is 0. The molecule has 0 bridgehead atoms. The highest BCUT2D eigenvalue weighted by Gasteiger charge is 2.41. The Morgan fingerprint density at radius 1 is 0.367 bits per heavy atom. The molecule has 0 N–H and O–H groups in total. The van der Waals surface area contributed by atoms with Crippen LogP contribution in [0.3, 0.4) is 0 Å². The summed E-state index contributed by atoms with van der Waals surface area (Å²) in [6.07, 6.45) is 6.61. The van der Waals surface area contributed by atoms with E-state index >= 15 is 0 Å². The third-order valence-electron chi connectivity index (χ3n) is 12.7. The van der Waals surface area contributed by atoms with Gasteiger partial charge in [0.25, 0.3) is 0 Å². The molecule has 0 saturated carbocycles. The van der Waals surface area contributed by atoms with Crippen LogP contribution in [0.25, 0.3) is 67.4 Å². The maximum Gasteiger partial charge on any atom is 0.0465 e. The molecule has 10 rings (SSSR count). The number of fused-ring (bicyclic) bond motifs is 4. The highest BCUT2D eigenvalue weighted by Crippen LogP contribution is 2.54. The third-order valence-corrected chi connectivity index (χ3v) is 12.7. The van der Waals surface area contributed by atoms with Gasteiger partial charge in [-0.15, -0.1) is 0 Å². The van der Waals surface area contributed by atoms with E-state index in [0.717, 1.165) is 24.2 Å². The van der Waals surface area contributed by atoms with Gasteiger partial charge in [-0.25, -0.2) is 0 Å². The highest BCUT2D eigenvalue weighted by molar-refractivity contribution is 5.97. The summed E-state index contributed by atoms with van der Waals surface area (Å²) in [4.78, 5) is 2.38. The summed E-state index contributed by atoms with van der Waals surface area (Å²) in [5.74, 6) is 0. The molecular weight excluding hydrogens is 723 g/mol. The Morgan fingerprint density at radius 3 is 1.57 bits per heavy atom. The fourth-order valence-corrected chi connectivity index (χ4v) is 9.63. The lowest BCUT2D eigenvalue weighted by Crippen LogP contribution is -2.23. The van der Waals surface area contributed by atoms with Crippen molar-refractivity contribution in [3.8, 4) is 44.5 Å². The molecule has 0 atom stereocenters. The Bertz CT molecular complexity index is 2940. The Morgan fingerprint density at radius 2 is 0.900 bits per heavy atom. The second-order valence-corrected chi connectivity index (χ2v) is 15.9. The fourth-order valence-electron chi connectivity index (χ4n) is 9.63. The topological polar surface area (TPSA) is 3.24 Å². The van der Waals surface area contributed by atoms with E-state index in [0.29, 0.717) is 0 Å². The van der Waals surface area contributed by atoms with Crippen LogP contribution in [0.2, 0.25) is 0 Å². The van der Waals surface area contributed by atoms with Crippen LogP contribution in [0.15, 0.2) is 212 Å². The predicted octanol–water partition coefficient (Wildman–Crippen LogP) is 16.6. The van der Waals surface area contributed by atoms with Crippen molar-refractivity contribution >= 4 is 40.0 Å². The first-order chi connectivity index (χ1) is 29.6. The lowest BCUT2D eigenvalue weighted by molar-refractivity contribution is 0.490. The van der Waals surface area contributed by atoms with Crippen LogP contribution in [0.1, 0.15) is 48.9 Å². The predicted molar refractivity (Wildman–Crippen MR) is 257 cm³/mol. The summed E-state index contributed by atoms with van der Waals surface area (Å²) in [6, 6.07) is 77.6. The van der Waals surface area contributed by atoms with Gasteiger partial charge in [0.1, 0.15) is 0 Å². The molecule has 1 heteroatoms. The van der Waals surface area contributed by atoms with E-state index in [1.165, 1.54) is 83.2 Å². The maximum atomic E-state index is 2.46. The van der Waals surface area contributed by atoms with Gasteiger partial charge in [-0.2, -0.15) is 0 Å². The summed E-state index contributed by atoms with van der Waals surface area (Å²) in [5, 5.41) is 2.50. The summed E-state index contributed by atoms with van der Waals surface area (Å²) >= 11 is 0. The zero-order valence-electron chi connectivity index (χ0n) is 34.2. The molecule has 9 aromatic rings. The molecule has 0 aromatic heterocycles. The number of anilines is 3. The molecule has 0 fully saturated rings. The van der Waals surface area contributed by atoms with Crippen LogP contribution in [0.4, 0.5) is 17.1 Å². The minimum absolute atomic E-state index is 0.0693. The standard InChI is InChI=1S/C59H47N/c1-3-59(4-2)56-39-43(31-37-54(56)55-38-36-51(41-57(55)59)60(49-21-10-6-11-22-49)50-23-12-7-13-24-50)28-27-42-29-32-46(33-30-42)58-52(45-18-8-5-9-19-45)25-16-26-53(58)48-35-34-44-17-14-15-20-47(44)40-48/h5-41H,3-4H2,1-2H3/b28-27+. The van der Waals surface area contributed by atoms with Gasteiger partial charge in [0.05, 0.1) is 0 Å². The second-order valence-electron chi connectivity index (χ2n) is 15.9. The molecule has 1 nitrogen and oxygen atoms in total. The molecule has 9 aromatic carbocycles. The zero-order chi connectivity index (χ0) is 40.5. The van der Waals surface area contributed by atoms with E-state index in [1.54, 1.807) is 0 Å². The third kappa shape index (κ3) is 6.63. The van der Waals surface area contributed by atoms with E-state index in [1.807, 2.05) is 0 Å². The maximum absolute atomic E-state index is 2.46. The molecule has 0 radical (unpaired) electrons. The summed E-state index contributed by atoms with van der Waals surface area (Å²) < 4.78 is 0. The first kappa shape index (κ1) is 37.1. The highest BCUT2D eigenvalue weighted by atomic mass is 15.1. The number of nitrogens with zero attached hydrogens (tertiary/aromatic N) is 1. The molecule has 1 aliphatic rings. The minimum atomic E-state index is -0.0693. The molecule has 0 spiro atoms. The van der Waals surface area contributed by atoms with Crippen molar-refractivity contribution in [1.29, 1.82) is 0 Å². The summed E-state index contributed by atoms with van der Waals surface area (Å²) in [6.45, 7) is 4.71. The number of rotatable bonds is 10. The largest absolute Gasteiger partial charge is 0.310 e. The number of hydrogen-bond donors (Lipinski definition) is 0. The first-order valence-electron chi connectivity index (χ1n) is 21.3. The van der Waals surface area contributed by atoms with Gasteiger partial charge in [0, 0.05) is 22.5 Å². The molecule has 0 unspecified atom stereocenters. The summed E-state index contributed by atoms with van der Waals surface area (Å²) in [5.41, 5.74) is 18.8. The first-order valence-corrected chi connectivity index (χ1v) is 21.3. The van der Waals surface area contributed by atoms with Crippen molar-refractivity contribution in [2.24, 2.45) is 0 Å². The number of para-hydroxylation sites is 2. The lowest BCUT2D eigenvalue weighted by atomic mass is 9.73. The van der Waals surface area contributed by atoms with Gasteiger partial charge in [0.15, 0.2) is 0 Å². The van der Waals surface area contributed by atoms with E-state index < -0.39 is 0 Å². The van der Waals surface area contributed by atoms with Gasteiger partial charge in [0.2, 0.25) is 0 Å². The molecule has 0 saturated heterocycles. The minimum Gasteiger partial charge on any atom is -0.310 e. The Hall–Kier alpha value is -7.22. The quantitative estimate of drug-likeness (QED) is 0.125. The van der Waals surface area contributed by atoms with Gasteiger partial charge in [-0.05, 0) is 133 Å². The SMILES string of the molecule is CCC1(CC)c2cc(/C=C/c3ccc(-c4c(-c5ccccc5)cccc4-c4ccc5ccccc5c4)cc3)ccc2-c2ccc(N(c3ccccc3)c3ccccc3)cc21. The average molecular weight is 770 g/mol. The Labute approximate surface area is 354 Å². The van der Waals surface area contributed by atoms with Gasteiger partial charge >= 0.3 is 0 Å². The van der Waals surface area contributed by atoms with Crippen LogP contribution in [-0.4, -0.2) is 0 Å². The molecule has 288 valence electrons. The molecule has 0 aliphatic heterocycles. The lowest BCUT2D eigenvalue weighted by Gasteiger charge is -2.32. The molecular formula is C59H47N. The number of hydrogen-bond acceptors (Lipinski definition) is 1. The van der Waals surface area contributed by atoms with Gasteiger partial charge in [-0.3, -0.25) is 0 Å². The zero-order valence-corrected chi connectivity index (χ0v) is 34.2. The van der Waals surface area contributed by atoms with Gasteiger partial charge in [-0.1, -0.05) is 196 Å². The van der Waals surface area contributed by atoms with Crippen molar-refractivity contribution in [3.05, 3.63) is 235 Å². The Kier molecular flexibility index (Phi) is 9.79. The monoisotopic (exact) mass is 769 g/mol. The number of benzene rings is 9. The van der Waals surface area contributed by atoms with Crippen LogP contribution in [0, 0.1) is 0 Å². The van der Waals surface area contributed by atoms with Gasteiger partial charge < -0.3 is 4.90 Å². The van der Waals surface area contributed by atoms with Crippen molar-refractivity contribution in [1.82, 2.24) is 0 Å². The van der Waals surface area contributed by atoms with E-state index in [9.17, 15) is 0 Å². The molecule has 0 heterocycles. The molecule has 0 amide bonds. The molecule has 1 aliphatic carbocycles. The van der Waals surface area contributed by atoms with Crippen molar-refractivity contribution < 1.29 is 0 Å². The van der Waals surface area contributed by atoms with Crippen molar-refractivity contribution in [3.63, 3.8) is 0 Å². The van der Waals surface area contributed by atoms with Crippen molar-refractivity contribution in [2.45, 2.75) is 32.1 Å². The molecule has 60 heavy (non-hydrogen) atoms. The smallest absolute Gasteiger partial charge is 0.0465 e. The van der Waals surface area contributed by atoms with Crippen LogP contribution in [0.5, 0.6) is 0 Å².